The summed E-state index contributed by atoms with van der Waals surface area (Å²) in [6.45, 7) is 1.23. The van der Waals surface area contributed by atoms with Crippen LogP contribution in [-0.2, 0) is 11.2 Å². The highest BCUT2D eigenvalue weighted by Crippen LogP contribution is 2.25. The van der Waals surface area contributed by atoms with Crippen LogP contribution in [0.3, 0.4) is 0 Å². The van der Waals surface area contributed by atoms with Crippen molar-refractivity contribution in [3.8, 4) is 0 Å². The third-order valence-corrected chi connectivity index (χ3v) is 4.54. The Morgan fingerprint density at radius 1 is 1.42 bits per heavy atom. The first-order valence-corrected chi connectivity index (χ1v) is 8.17. The number of carbonyl (C=O) groups excluding carboxylic acids is 1. The van der Waals surface area contributed by atoms with Crippen molar-refractivity contribution >= 4 is 17.5 Å². The molecule has 0 aliphatic carbocycles. The SMILES string of the molecule is O=C(Cc1ccc(F)c(Cl)c1)N1CCC[C@@H](c2ccnc(=O)[nH]2)C1. The first-order chi connectivity index (χ1) is 11.5. The molecule has 1 N–H and O–H groups in total. The van der Waals surface area contributed by atoms with Gasteiger partial charge < -0.3 is 9.88 Å². The van der Waals surface area contributed by atoms with Gasteiger partial charge in [0.2, 0.25) is 5.91 Å². The van der Waals surface area contributed by atoms with E-state index in [2.05, 4.69) is 9.97 Å². The highest BCUT2D eigenvalue weighted by atomic mass is 35.5. The topological polar surface area (TPSA) is 66.1 Å². The number of nitrogens with one attached hydrogen (secondary N) is 1. The van der Waals surface area contributed by atoms with Crippen LogP contribution in [0.4, 0.5) is 4.39 Å². The van der Waals surface area contributed by atoms with Crippen molar-refractivity contribution in [2.75, 3.05) is 13.1 Å². The smallest absolute Gasteiger partial charge is 0.342 e. The first-order valence-electron chi connectivity index (χ1n) is 7.80. The van der Waals surface area contributed by atoms with Gasteiger partial charge in [0.1, 0.15) is 5.82 Å². The highest BCUT2D eigenvalue weighted by Gasteiger charge is 2.25. The Morgan fingerprint density at radius 3 is 3.00 bits per heavy atom. The van der Waals surface area contributed by atoms with Gasteiger partial charge in [-0.2, -0.15) is 0 Å². The van der Waals surface area contributed by atoms with Gasteiger partial charge in [-0.1, -0.05) is 17.7 Å². The quantitative estimate of drug-likeness (QED) is 0.926. The maximum Gasteiger partial charge on any atom is 0.345 e. The number of hydrogen-bond acceptors (Lipinski definition) is 3. The maximum absolute atomic E-state index is 13.2. The molecule has 1 aromatic heterocycles. The van der Waals surface area contributed by atoms with Gasteiger partial charge in [0.15, 0.2) is 0 Å². The molecule has 0 saturated carbocycles. The molecule has 1 aromatic carbocycles. The minimum Gasteiger partial charge on any atom is -0.342 e. The number of hydrogen-bond donors (Lipinski definition) is 1. The minimum atomic E-state index is -0.493. The van der Waals surface area contributed by atoms with Crippen LogP contribution >= 0.6 is 11.6 Å². The second-order valence-corrected chi connectivity index (χ2v) is 6.34. The molecule has 0 spiro atoms. The number of halogens is 2. The number of carbonyl (C=O) groups is 1. The minimum absolute atomic E-state index is 0.0196. The average molecular weight is 350 g/mol. The fraction of sp³-hybridized carbons (Fsp3) is 0.353. The Bertz CT molecular complexity index is 808. The zero-order valence-corrected chi connectivity index (χ0v) is 13.7. The molecular weight excluding hydrogens is 333 g/mol. The Labute approximate surface area is 143 Å². The molecule has 1 saturated heterocycles. The molecule has 1 atom stereocenters. The van der Waals surface area contributed by atoms with E-state index in [9.17, 15) is 14.0 Å². The number of benzene rings is 1. The van der Waals surface area contributed by atoms with Crippen LogP contribution in [0.1, 0.15) is 30.0 Å². The van der Waals surface area contributed by atoms with E-state index in [1.165, 1.54) is 18.3 Å². The summed E-state index contributed by atoms with van der Waals surface area (Å²) in [6.07, 6.45) is 3.44. The number of amides is 1. The monoisotopic (exact) mass is 349 g/mol. The van der Waals surface area contributed by atoms with Gasteiger partial charge in [-0.15, -0.1) is 0 Å². The molecule has 0 unspecified atom stereocenters. The fourth-order valence-corrected chi connectivity index (χ4v) is 3.22. The van der Waals surface area contributed by atoms with Crippen LogP contribution in [0.5, 0.6) is 0 Å². The van der Waals surface area contributed by atoms with Gasteiger partial charge in [-0.3, -0.25) is 4.79 Å². The highest BCUT2D eigenvalue weighted by molar-refractivity contribution is 6.30. The van der Waals surface area contributed by atoms with E-state index in [-0.39, 0.29) is 29.0 Å². The van der Waals surface area contributed by atoms with E-state index in [1.54, 1.807) is 17.0 Å². The summed E-state index contributed by atoms with van der Waals surface area (Å²) in [6, 6.07) is 6.10. The lowest BCUT2D eigenvalue weighted by atomic mass is 9.94. The van der Waals surface area contributed by atoms with Crippen molar-refractivity contribution < 1.29 is 9.18 Å². The molecule has 2 heterocycles. The predicted octanol–water partition coefficient (Wildman–Crippen LogP) is 2.51. The molecule has 126 valence electrons. The van der Waals surface area contributed by atoms with E-state index in [4.69, 9.17) is 11.6 Å². The van der Waals surface area contributed by atoms with Crippen molar-refractivity contribution in [3.05, 3.63) is 63.0 Å². The van der Waals surface area contributed by atoms with Crippen molar-refractivity contribution in [2.45, 2.75) is 25.2 Å². The van der Waals surface area contributed by atoms with E-state index in [0.717, 1.165) is 18.5 Å². The number of piperidine rings is 1. The molecule has 1 aliphatic rings. The molecule has 5 nitrogen and oxygen atoms in total. The Kier molecular flexibility index (Phi) is 4.94. The molecule has 0 radical (unpaired) electrons. The van der Waals surface area contributed by atoms with Crippen molar-refractivity contribution in [1.82, 2.24) is 14.9 Å². The van der Waals surface area contributed by atoms with Gasteiger partial charge in [0, 0.05) is 30.9 Å². The standard InChI is InChI=1S/C17H17ClFN3O2/c18-13-8-11(3-4-14(13)19)9-16(23)22-7-1-2-12(10-22)15-5-6-20-17(24)21-15/h3-6,8,12H,1-2,7,9-10H2,(H,20,21,24)/t12-/m1/s1. The molecule has 3 rings (SSSR count). The summed E-state index contributed by atoms with van der Waals surface area (Å²) in [5, 5.41) is 0.0196. The van der Waals surface area contributed by atoms with E-state index < -0.39 is 5.82 Å². The molecule has 2 aromatic rings. The first kappa shape index (κ1) is 16.6. The fourth-order valence-electron chi connectivity index (χ4n) is 3.01. The molecule has 1 amide bonds. The van der Waals surface area contributed by atoms with Crippen LogP contribution in [0.2, 0.25) is 5.02 Å². The summed E-state index contributed by atoms with van der Waals surface area (Å²) in [4.78, 5) is 32.0. The van der Waals surface area contributed by atoms with E-state index >= 15 is 0 Å². The summed E-state index contributed by atoms with van der Waals surface area (Å²) in [7, 11) is 0. The average Bonchev–Trinajstić information content (AvgIpc) is 2.58. The molecule has 1 aliphatic heterocycles. The third kappa shape index (κ3) is 3.82. The second-order valence-electron chi connectivity index (χ2n) is 5.93. The Morgan fingerprint density at radius 2 is 2.25 bits per heavy atom. The van der Waals surface area contributed by atoms with Crippen LogP contribution in [0.15, 0.2) is 35.3 Å². The number of likely N-dealkylation sites (tertiary alicyclic amines) is 1. The van der Waals surface area contributed by atoms with Crippen molar-refractivity contribution in [3.63, 3.8) is 0 Å². The molecule has 0 bridgehead atoms. The Balaban J connectivity index is 1.68. The lowest BCUT2D eigenvalue weighted by molar-refractivity contribution is -0.131. The molecule has 1 fully saturated rings. The van der Waals surface area contributed by atoms with Crippen molar-refractivity contribution in [1.29, 1.82) is 0 Å². The summed E-state index contributed by atoms with van der Waals surface area (Å²) >= 11 is 5.76. The van der Waals surface area contributed by atoms with Crippen LogP contribution in [0.25, 0.3) is 0 Å². The molecular formula is C17H17ClFN3O2. The molecule has 7 heteroatoms. The van der Waals surface area contributed by atoms with Crippen LogP contribution in [-0.4, -0.2) is 33.9 Å². The van der Waals surface area contributed by atoms with Gasteiger partial charge in [-0.25, -0.2) is 14.2 Å². The molecule has 24 heavy (non-hydrogen) atoms. The zero-order valence-electron chi connectivity index (χ0n) is 13.0. The normalized spacial score (nSPS) is 17.8. The number of aromatic nitrogens is 2. The van der Waals surface area contributed by atoms with Gasteiger partial charge in [-0.05, 0) is 36.6 Å². The van der Waals surface area contributed by atoms with Crippen LogP contribution in [0, 0.1) is 5.82 Å². The van der Waals surface area contributed by atoms with Gasteiger partial charge in [0.05, 0.1) is 11.4 Å². The zero-order chi connectivity index (χ0) is 17.1. The number of rotatable bonds is 3. The van der Waals surface area contributed by atoms with Gasteiger partial charge >= 0.3 is 5.69 Å². The lowest BCUT2D eigenvalue weighted by Gasteiger charge is -2.32. The summed E-state index contributed by atoms with van der Waals surface area (Å²) in [5.74, 6) is -0.429. The number of aromatic amines is 1. The summed E-state index contributed by atoms with van der Waals surface area (Å²) in [5.41, 5.74) is 1.11. The second kappa shape index (κ2) is 7.13. The third-order valence-electron chi connectivity index (χ3n) is 4.25. The van der Waals surface area contributed by atoms with Gasteiger partial charge in [0.25, 0.3) is 0 Å². The van der Waals surface area contributed by atoms with Crippen molar-refractivity contribution in [2.24, 2.45) is 0 Å². The predicted molar refractivity (Wildman–Crippen MR) is 88.5 cm³/mol. The lowest BCUT2D eigenvalue weighted by Crippen LogP contribution is -2.40. The van der Waals surface area contributed by atoms with Crippen LogP contribution < -0.4 is 5.69 Å². The number of nitrogens with zero attached hydrogens (tertiary/aromatic N) is 2. The van der Waals surface area contributed by atoms with E-state index in [1.807, 2.05) is 0 Å². The summed E-state index contributed by atoms with van der Waals surface area (Å²) < 4.78 is 13.2. The Hall–Kier alpha value is -2.21. The van der Waals surface area contributed by atoms with E-state index in [0.29, 0.717) is 18.7 Å². The maximum atomic E-state index is 13.2. The largest absolute Gasteiger partial charge is 0.345 e. The number of H-pyrrole nitrogens is 1.